The molecule has 2 N–H and O–H groups in total. The molecule has 1 atom stereocenters. The fourth-order valence-corrected chi connectivity index (χ4v) is 2.19. The zero-order valence-corrected chi connectivity index (χ0v) is 12.8. The summed E-state index contributed by atoms with van der Waals surface area (Å²) >= 11 is 0. The Hall–Kier alpha value is -3.07. The van der Waals surface area contributed by atoms with Gasteiger partial charge in [-0.1, -0.05) is 19.1 Å². The van der Waals surface area contributed by atoms with Crippen LogP contribution in [0.5, 0.6) is 5.75 Å². The van der Waals surface area contributed by atoms with Crippen LogP contribution >= 0.6 is 0 Å². The third kappa shape index (κ3) is 3.58. The van der Waals surface area contributed by atoms with Crippen LogP contribution in [0.25, 0.3) is 11.1 Å². The molecule has 0 fully saturated rings. The number of pyridine rings is 1. The molecule has 1 heterocycles. The second kappa shape index (κ2) is 6.79. The van der Waals surface area contributed by atoms with Crippen molar-refractivity contribution >= 4 is 5.97 Å². The van der Waals surface area contributed by atoms with E-state index in [2.05, 4.69) is 4.98 Å². The topological polar surface area (TPSA) is 103 Å². The maximum absolute atomic E-state index is 11.6. The van der Waals surface area contributed by atoms with E-state index in [9.17, 15) is 9.59 Å². The number of nitrogens with zero attached hydrogens (tertiary/aromatic N) is 1. The minimum Gasteiger partial charge on any atom is -0.479 e. The van der Waals surface area contributed by atoms with E-state index in [0.29, 0.717) is 17.9 Å². The molecule has 1 unspecified atom stereocenters. The Balaban J connectivity index is 2.32. The molecule has 2 aromatic rings. The molecule has 23 heavy (non-hydrogen) atoms. The summed E-state index contributed by atoms with van der Waals surface area (Å²) in [6.07, 6.45) is -0.525. The Morgan fingerprint density at radius 3 is 2.57 bits per heavy atom. The number of aromatic amines is 1. The van der Waals surface area contributed by atoms with E-state index < -0.39 is 17.6 Å². The van der Waals surface area contributed by atoms with Gasteiger partial charge in [-0.15, -0.1) is 0 Å². The van der Waals surface area contributed by atoms with Gasteiger partial charge in [0.1, 0.15) is 17.4 Å². The van der Waals surface area contributed by atoms with Crippen LogP contribution in [0.2, 0.25) is 0 Å². The molecular weight excluding hydrogens is 296 g/mol. The number of ether oxygens (including phenoxy) is 1. The van der Waals surface area contributed by atoms with Gasteiger partial charge >= 0.3 is 5.97 Å². The van der Waals surface area contributed by atoms with Gasteiger partial charge in [0.2, 0.25) is 0 Å². The maximum atomic E-state index is 11.6. The Labute approximate surface area is 133 Å². The number of hydrogen-bond donors (Lipinski definition) is 2. The van der Waals surface area contributed by atoms with Gasteiger partial charge in [0.25, 0.3) is 5.56 Å². The van der Waals surface area contributed by atoms with Crippen LogP contribution in [0.15, 0.2) is 35.1 Å². The van der Waals surface area contributed by atoms with Crippen LogP contribution in [-0.2, 0) is 4.79 Å². The summed E-state index contributed by atoms with van der Waals surface area (Å²) < 4.78 is 5.40. The van der Waals surface area contributed by atoms with Crippen molar-refractivity contribution in [2.24, 2.45) is 0 Å². The second-order valence-corrected chi connectivity index (χ2v) is 5.04. The maximum Gasteiger partial charge on any atom is 0.344 e. The van der Waals surface area contributed by atoms with Crippen LogP contribution in [0, 0.1) is 18.3 Å². The van der Waals surface area contributed by atoms with Gasteiger partial charge in [-0.25, -0.2) is 4.79 Å². The number of carboxylic acids is 1. The summed E-state index contributed by atoms with van der Waals surface area (Å²) in [5.41, 5.74) is 1.81. The molecule has 0 saturated heterocycles. The third-order valence-electron chi connectivity index (χ3n) is 3.45. The molecule has 0 spiro atoms. The highest BCUT2D eigenvalue weighted by atomic mass is 16.5. The molecule has 1 aromatic carbocycles. The minimum absolute atomic E-state index is 0.0443. The standard InChI is InChI=1S/C17H16N2O4/c1-3-15(17(21)22)23-13-6-4-11(5-7-13)14-8-12(9-18)16(20)19-10(14)2/h4-8,15H,3H2,1-2H3,(H,19,20)(H,21,22). The van der Waals surface area contributed by atoms with Gasteiger partial charge in [-0.05, 0) is 37.1 Å². The Kier molecular flexibility index (Phi) is 4.82. The van der Waals surface area contributed by atoms with Crippen LogP contribution in [0.1, 0.15) is 24.6 Å². The highest BCUT2D eigenvalue weighted by Gasteiger charge is 2.16. The molecule has 0 aliphatic heterocycles. The molecule has 0 saturated carbocycles. The highest BCUT2D eigenvalue weighted by Crippen LogP contribution is 2.25. The number of carbonyl (C=O) groups is 1. The summed E-state index contributed by atoms with van der Waals surface area (Å²) in [6.45, 7) is 3.49. The van der Waals surface area contributed by atoms with Gasteiger partial charge in [0.05, 0.1) is 0 Å². The van der Waals surface area contributed by atoms with Gasteiger partial charge < -0.3 is 14.8 Å². The second-order valence-electron chi connectivity index (χ2n) is 5.04. The van der Waals surface area contributed by atoms with Crippen LogP contribution in [0.4, 0.5) is 0 Å². The monoisotopic (exact) mass is 312 g/mol. The fraction of sp³-hybridized carbons (Fsp3) is 0.235. The fourth-order valence-electron chi connectivity index (χ4n) is 2.19. The summed E-state index contributed by atoms with van der Waals surface area (Å²) in [5, 5.41) is 18.0. The van der Waals surface area contributed by atoms with Gasteiger partial charge in [-0.3, -0.25) is 4.79 Å². The quantitative estimate of drug-likeness (QED) is 0.882. The van der Waals surface area contributed by atoms with Crippen LogP contribution < -0.4 is 10.3 Å². The number of H-pyrrole nitrogens is 1. The van der Waals surface area contributed by atoms with E-state index in [-0.39, 0.29) is 5.56 Å². The molecule has 118 valence electrons. The van der Waals surface area contributed by atoms with Crippen molar-refractivity contribution in [1.82, 2.24) is 4.98 Å². The lowest BCUT2D eigenvalue weighted by Gasteiger charge is -2.13. The predicted molar refractivity (Wildman–Crippen MR) is 84.3 cm³/mol. The average molecular weight is 312 g/mol. The summed E-state index contributed by atoms with van der Waals surface area (Å²) in [7, 11) is 0. The first-order valence-electron chi connectivity index (χ1n) is 7.10. The van der Waals surface area contributed by atoms with Gasteiger partial charge in [0, 0.05) is 11.3 Å². The summed E-state index contributed by atoms with van der Waals surface area (Å²) in [6, 6.07) is 10.2. The van der Waals surface area contributed by atoms with Crippen LogP contribution in [-0.4, -0.2) is 22.2 Å². The number of carboxylic acid groups (broad SMARTS) is 1. The van der Waals surface area contributed by atoms with Crippen molar-refractivity contribution in [2.75, 3.05) is 0 Å². The number of aryl methyl sites for hydroxylation is 1. The normalized spacial score (nSPS) is 11.5. The van der Waals surface area contributed by atoms with Crippen LogP contribution in [0.3, 0.4) is 0 Å². The molecule has 2 rings (SSSR count). The van der Waals surface area contributed by atoms with Crippen molar-refractivity contribution in [3.63, 3.8) is 0 Å². The third-order valence-corrected chi connectivity index (χ3v) is 3.45. The van der Waals surface area contributed by atoms with E-state index >= 15 is 0 Å². The van der Waals surface area contributed by atoms with Crippen molar-refractivity contribution in [2.45, 2.75) is 26.4 Å². The van der Waals surface area contributed by atoms with Crippen molar-refractivity contribution < 1.29 is 14.6 Å². The number of rotatable bonds is 5. The van der Waals surface area contributed by atoms with E-state index in [0.717, 1.165) is 11.1 Å². The number of nitriles is 1. The van der Waals surface area contributed by atoms with E-state index in [4.69, 9.17) is 15.1 Å². The zero-order valence-electron chi connectivity index (χ0n) is 12.8. The first kappa shape index (κ1) is 16.3. The molecule has 6 nitrogen and oxygen atoms in total. The Bertz CT molecular complexity index is 816. The van der Waals surface area contributed by atoms with E-state index in [1.165, 1.54) is 6.07 Å². The minimum atomic E-state index is -1.01. The number of aliphatic carboxylic acids is 1. The average Bonchev–Trinajstić information content (AvgIpc) is 2.53. The first-order chi connectivity index (χ1) is 11.0. The van der Waals surface area contributed by atoms with Crippen molar-refractivity contribution in [3.8, 4) is 22.9 Å². The van der Waals surface area contributed by atoms with Crippen molar-refractivity contribution in [1.29, 1.82) is 5.26 Å². The first-order valence-corrected chi connectivity index (χ1v) is 7.10. The van der Waals surface area contributed by atoms with E-state index in [1.807, 2.05) is 6.07 Å². The molecule has 0 bridgehead atoms. The molecule has 0 aliphatic rings. The lowest BCUT2D eigenvalue weighted by Crippen LogP contribution is -2.25. The Morgan fingerprint density at radius 2 is 2.04 bits per heavy atom. The Morgan fingerprint density at radius 1 is 1.39 bits per heavy atom. The van der Waals surface area contributed by atoms with Gasteiger partial charge in [0.15, 0.2) is 6.10 Å². The number of benzene rings is 1. The predicted octanol–water partition coefficient (Wildman–Crippen LogP) is 2.46. The SMILES string of the molecule is CCC(Oc1ccc(-c2cc(C#N)c(=O)[nH]c2C)cc1)C(=O)O. The molecule has 1 aromatic heterocycles. The molecule has 0 aliphatic carbocycles. The molecule has 6 heteroatoms. The molecular formula is C17H16N2O4. The number of aromatic nitrogens is 1. The molecule has 0 amide bonds. The van der Waals surface area contributed by atoms with Crippen molar-refractivity contribution in [3.05, 3.63) is 51.9 Å². The molecule has 0 radical (unpaired) electrons. The lowest BCUT2D eigenvalue weighted by atomic mass is 10.0. The smallest absolute Gasteiger partial charge is 0.344 e. The lowest BCUT2D eigenvalue weighted by molar-refractivity contribution is -0.145. The largest absolute Gasteiger partial charge is 0.479 e. The number of hydrogen-bond acceptors (Lipinski definition) is 4. The summed E-state index contributed by atoms with van der Waals surface area (Å²) in [5.74, 6) is -0.558. The highest BCUT2D eigenvalue weighted by molar-refractivity contribution is 5.73. The van der Waals surface area contributed by atoms with E-state index in [1.54, 1.807) is 38.1 Å². The summed E-state index contributed by atoms with van der Waals surface area (Å²) in [4.78, 5) is 25.2. The zero-order chi connectivity index (χ0) is 17.0. The van der Waals surface area contributed by atoms with Gasteiger partial charge in [-0.2, -0.15) is 5.26 Å². The number of nitrogens with one attached hydrogen (secondary N) is 1.